The van der Waals surface area contributed by atoms with Gasteiger partial charge in [0.05, 0.1) is 17.6 Å². The maximum atomic E-state index is 12.5. The minimum atomic E-state index is -0.300. The number of hydrogen-bond acceptors (Lipinski definition) is 8. The van der Waals surface area contributed by atoms with Gasteiger partial charge in [-0.25, -0.2) is 0 Å². The fourth-order valence-corrected chi connectivity index (χ4v) is 3.25. The average molecular weight is 390 g/mol. The molecule has 0 radical (unpaired) electrons. The summed E-state index contributed by atoms with van der Waals surface area (Å²) in [4.78, 5) is 28.1. The van der Waals surface area contributed by atoms with Crippen molar-refractivity contribution in [2.24, 2.45) is 0 Å². The van der Waals surface area contributed by atoms with E-state index in [-0.39, 0.29) is 23.8 Å². The van der Waals surface area contributed by atoms with Crippen molar-refractivity contribution < 1.29 is 9.59 Å². The number of pyridine rings is 1. The largest absolute Gasteiger partial charge is 0.354 e. The SMILES string of the molecule is CNC(=O)c1ccc(C(=O)Cc2cc3cc(-c4nncs4)ccc3nn2)cn1. The predicted octanol–water partition coefficient (Wildman–Crippen LogP) is 2.33. The van der Waals surface area contributed by atoms with Crippen LogP contribution in [0.3, 0.4) is 0 Å². The van der Waals surface area contributed by atoms with E-state index in [0.29, 0.717) is 11.3 Å². The van der Waals surface area contributed by atoms with Gasteiger partial charge in [-0.05, 0) is 36.4 Å². The molecule has 28 heavy (non-hydrogen) atoms. The first kappa shape index (κ1) is 17.8. The molecule has 0 bridgehead atoms. The predicted molar refractivity (Wildman–Crippen MR) is 104 cm³/mol. The summed E-state index contributed by atoms with van der Waals surface area (Å²) in [6.07, 6.45) is 1.49. The van der Waals surface area contributed by atoms with Gasteiger partial charge >= 0.3 is 0 Å². The smallest absolute Gasteiger partial charge is 0.269 e. The van der Waals surface area contributed by atoms with Crippen molar-refractivity contribution >= 4 is 33.9 Å². The molecule has 9 heteroatoms. The maximum Gasteiger partial charge on any atom is 0.269 e. The molecule has 3 aromatic heterocycles. The number of aromatic nitrogens is 5. The first-order chi connectivity index (χ1) is 13.6. The Morgan fingerprint density at radius 2 is 1.96 bits per heavy atom. The highest BCUT2D eigenvalue weighted by Gasteiger charge is 2.12. The topological polar surface area (TPSA) is 111 Å². The monoisotopic (exact) mass is 390 g/mol. The van der Waals surface area contributed by atoms with Crippen molar-refractivity contribution in [1.82, 2.24) is 30.7 Å². The zero-order valence-corrected chi connectivity index (χ0v) is 15.6. The van der Waals surface area contributed by atoms with E-state index in [1.54, 1.807) is 11.6 Å². The van der Waals surface area contributed by atoms with Crippen LogP contribution in [0.4, 0.5) is 0 Å². The Kier molecular flexibility index (Phi) is 4.81. The number of Topliss-reactive ketones (excluding diaryl/α,β-unsaturated/α-hetero) is 1. The van der Waals surface area contributed by atoms with Gasteiger partial charge in [-0.15, -0.1) is 10.2 Å². The van der Waals surface area contributed by atoms with E-state index in [2.05, 4.69) is 30.7 Å². The molecule has 0 saturated carbocycles. The van der Waals surface area contributed by atoms with Gasteiger partial charge < -0.3 is 5.32 Å². The third kappa shape index (κ3) is 3.60. The number of fused-ring (bicyclic) bond motifs is 1. The molecule has 4 aromatic rings. The molecule has 138 valence electrons. The molecule has 0 atom stereocenters. The normalized spacial score (nSPS) is 10.8. The Morgan fingerprint density at radius 1 is 1.07 bits per heavy atom. The molecular formula is C19H14N6O2S. The highest BCUT2D eigenvalue weighted by molar-refractivity contribution is 7.12. The summed E-state index contributed by atoms with van der Waals surface area (Å²) in [7, 11) is 1.53. The van der Waals surface area contributed by atoms with Gasteiger partial charge in [0, 0.05) is 29.8 Å². The number of amides is 1. The molecular weight excluding hydrogens is 376 g/mol. The van der Waals surface area contributed by atoms with Gasteiger partial charge in [-0.3, -0.25) is 14.6 Å². The Bertz CT molecular complexity index is 1160. The van der Waals surface area contributed by atoms with Crippen LogP contribution in [0.5, 0.6) is 0 Å². The molecule has 8 nitrogen and oxygen atoms in total. The fourth-order valence-electron chi connectivity index (χ4n) is 2.69. The Hall–Kier alpha value is -3.59. The zero-order chi connectivity index (χ0) is 19.5. The van der Waals surface area contributed by atoms with Crippen LogP contribution in [0.1, 0.15) is 26.5 Å². The van der Waals surface area contributed by atoms with E-state index in [0.717, 1.165) is 21.5 Å². The van der Waals surface area contributed by atoms with Gasteiger partial charge in [-0.2, -0.15) is 10.2 Å². The van der Waals surface area contributed by atoms with Crippen LogP contribution in [-0.2, 0) is 6.42 Å². The summed E-state index contributed by atoms with van der Waals surface area (Å²) >= 11 is 1.45. The highest BCUT2D eigenvalue weighted by atomic mass is 32.1. The number of ketones is 1. The van der Waals surface area contributed by atoms with Crippen molar-refractivity contribution in [2.45, 2.75) is 6.42 Å². The summed E-state index contributed by atoms with van der Waals surface area (Å²) in [6.45, 7) is 0. The molecule has 1 aromatic carbocycles. The molecule has 0 spiro atoms. The van der Waals surface area contributed by atoms with E-state index >= 15 is 0 Å². The zero-order valence-electron chi connectivity index (χ0n) is 14.8. The summed E-state index contributed by atoms with van der Waals surface area (Å²) in [5, 5.41) is 20.4. The number of nitrogens with zero attached hydrogens (tertiary/aromatic N) is 5. The van der Waals surface area contributed by atoms with Crippen LogP contribution in [0.15, 0.2) is 48.1 Å². The summed E-state index contributed by atoms with van der Waals surface area (Å²) in [5.74, 6) is -0.449. The summed E-state index contributed by atoms with van der Waals surface area (Å²) in [6, 6.07) is 10.7. The van der Waals surface area contributed by atoms with Crippen LogP contribution in [0.2, 0.25) is 0 Å². The summed E-state index contributed by atoms with van der Waals surface area (Å²) in [5.41, 5.74) is 4.58. The van der Waals surface area contributed by atoms with Crippen molar-refractivity contribution in [3.05, 3.63) is 65.1 Å². The van der Waals surface area contributed by atoms with E-state index in [4.69, 9.17) is 0 Å². The molecule has 0 aliphatic carbocycles. The van der Waals surface area contributed by atoms with Gasteiger partial charge in [-0.1, -0.05) is 11.3 Å². The fraction of sp³-hybridized carbons (Fsp3) is 0.105. The number of carbonyl (C=O) groups excluding carboxylic acids is 2. The van der Waals surface area contributed by atoms with Crippen LogP contribution in [0, 0.1) is 0 Å². The third-order valence-electron chi connectivity index (χ3n) is 4.13. The first-order valence-corrected chi connectivity index (χ1v) is 9.26. The van der Waals surface area contributed by atoms with Crippen molar-refractivity contribution in [3.8, 4) is 10.6 Å². The lowest BCUT2D eigenvalue weighted by atomic mass is 10.1. The number of nitrogens with one attached hydrogen (secondary N) is 1. The quantitative estimate of drug-likeness (QED) is 0.521. The van der Waals surface area contributed by atoms with Crippen LogP contribution < -0.4 is 5.32 Å². The minimum absolute atomic E-state index is 0.0903. The van der Waals surface area contributed by atoms with Crippen LogP contribution >= 0.6 is 11.3 Å². The number of hydrogen-bond donors (Lipinski definition) is 1. The Labute approximate surface area is 163 Å². The van der Waals surface area contributed by atoms with Crippen molar-refractivity contribution in [2.75, 3.05) is 7.05 Å². The second-order valence-electron chi connectivity index (χ2n) is 5.96. The van der Waals surface area contributed by atoms with E-state index in [9.17, 15) is 9.59 Å². The molecule has 1 amide bonds. The lowest BCUT2D eigenvalue weighted by Crippen LogP contribution is -2.19. The minimum Gasteiger partial charge on any atom is -0.354 e. The van der Waals surface area contributed by atoms with Gasteiger partial charge in [0.25, 0.3) is 5.91 Å². The van der Waals surface area contributed by atoms with Gasteiger partial charge in [0.1, 0.15) is 16.2 Å². The standard InChI is InChI=1S/C19H14N6O2S/c1-20-18(27)16-5-3-12(9-21-16)17(26)8-14-7-13-6-11(19-25-22-10-28-19)2-4-15(13)24-23-14/h2-7,9-10H,8H2,1H3,(H,20,27). The first-order valence-electron chi connectivity index (χ1n) is 8.38. The summed E-state index contributed by atoms with van der Waals surface area (Å²) < 4.78 is 0. The number of benzene rings is 1. The molecule has 3 heterocycles. The number of rotatable bonds is 5. The highest BCUT2D eigenvalue weighted by Crippen LogP contribution is 2.24. The Morgan fingerprint density at radius 3 is 2.68 bits per heavy atom. The van der Waals surface area contributed by atoms with Gasteiger partial charge in [0.15, 0.2) is 5.78 Å². The van der Waals surface area contributed by atoms with Crippen molar-refractivity contribution in [3.63, 3.8) is 0 Å². The molecule has 1 N–H and O–H groups in total. The van der Waals surface area contributed by atoms with E-state index in [1.807, 2.05) is 24.3 Å². The van der Waals surface area contributed by atoms with E-state index in [1.165, 1.54) is 30.6 Å². The van der Waals surface area contributed by atoms with Gasteiger partial charge in [0.2, 0.25) is 0 Å². The molecule has 4 rings (SSSR count). The maximum absolute atomic E-state index is 12.5. The van der Waals surface area contributed by atoms with Crippen LogP contribution in [0.25, 0.3) is 21.5 Å². The second-order valence-corrected chi connectivity index (χ2v) is 6.80. The second kappa shape index (κ2) is 7.57. The molecule has 0 saturated heterocycles. The molecule has 0 unspecified atom stereocenters. The molecule has 0 fully saturated rings. The van der Waals surface area contributed by atoms with E-state index < -0.39 is 0 Å². The molecule has 0 aliphatic rings. The third-order valence-corrected chi connectivity index (χ3v) is 4.87. The lowest BCUT2D eigenvalue weighted by Gasteiger charge is -2.04. The lowest BCUT2D eigenvalue weighted by molar-refractivity contribution is 0.0953. The van der Waals surface area contributed by atoms with Crippen LogP contribution in [-0.4, -0.2) is 44.1 Å². The van der Waals surface area contributed by atoms with Crippen molar-refractivity contribution in [1.29, 1.82) is 0 Å². The number of carbonyl (C=O) groups is 2. The molecule has 0 aliphatic heterocycles. The average Bonchev–Trinajstić information content (AvgIpc) is 3.27. The Balaban J connectivity index is 1.57.